The van der Waals surface area contributed by atoms with Crippen LogP contribution in [0.25, 0.3) is 0 Å². The lowest BCUT2D eigenvalue weighted by Gasteiger charge is -2.17. The van der Waals surface area contributed by atoms with E-state index in [0.29, 0.717) is 18.0 Å². The first kappa shape index (κ1) is 17.6. The Morgan fingerprint density at radius 1 is 1.24 bits per heavy atom. The third-order valence-corrected chi connectivity index (χ3v) is 6.59. The Kier molecular flexibility index (Phi) is 4.91. The van der Waals surface area contributed by atoms with Gasteiger partial charge in [0, 0.05) is 30.4 Å². The zero-order valence-electron chi connectivity index (χ0n) is 13.2. The molecule has 2 aromatic rings. The number of aromatic nitrogens is 2. The molecule has 25 heavy (non-hydrogen) atoms. The van der Waals surface area contributed by atoms with Gasteiger partial charge in [-0.2, -0.15) is 5.10 Å². The van der Waals surface area contributed by atoms with E-state index in [1.807, 2.05) is 0 Å². The molecule has 1 aliphatic heterocycles. The van der Waals surface area contributed by atoms with Crippen LogP contribution in [0.1, 0.15) is 6.42 Å². The molecule has 3 rings (SSSR count). The van der Waals surface area contributed by atoms with Crippen molar-refractivity contribution in [1.82, 2.24) is 14.7 Å². The summed E-state index contributed by atoms with van der Waals surface area (Å²) in [5.74, 6) is -0.324. The number of rotatable bonds is 4. The fraction of sp³-hybridized carbons (Fsp3) is 0.312. The SMILES string of the molecule is O=C(Cn1ncccc1=O)N1CC[C@@H](S(=O)(=O)c2ccc(Cl)cc2)C1. The smallest absolute Gasteiger partial charge is 0.267 e. The van der Waals surface area contributed by atoms with E-state index in [1.54, 1.807) is 0 Å². The highest BCUT2D eigenvalue weighted by Crippen LogP contribution is 2.25. The predicted molar refractivity (Wildman–Crippen MR) is 92.1 cm³/mol. The van der Waals surface area contributed by atoms with E-state index < -0.39 is 15.1 Å². The van der Waals surface area contributed by atoms with Crippen molar-refractivity contribution in [2.75, 3.05) is 13.1 Å². The molecular weight excluding hydrogens is 366 g/mol. The maximum absolute atomic E-state index is 12.7. The number of hydrogen-bond acceptors (Lipinski definition) is 5. The summed E-state index contributed by atoms with van der Waals surface area (Å²) in [6, 6.07) is 8.80. The highest BCUT2D eigenvalue weighted by atomic mass is 35.5. The van der Waals surface area contributed by atoms with Crippen LogP contribution in [0.15, 0.2) is 52.3 Å². The van der Waals surface area contributed by atoms with Gasteiger partial charge in [-0.05, 0) is 36.8 Å². The van der Waals surface area contributed by atoms with Crippen LogP contribution in [-0.2, 0) is 21.2 Å². The van der Waals surface area contributed by atoms with E-state index in [2.05, 4.69) is 5.10 Å². The first-order valence-corrected chi connectivity index (χ1v) is 9.60. The maximum Gasteiger partial charge on any atom is 0.267 e. The molecule has 1 aliphatic rings. The lowest BCUT2D eigenvalue weighted by molar-refractivity contribution is -0.131. The second kappa shape index (κ2) is 6.97. The van der Waals surface area contributed by atoms with Crippen LogP contribution in [0.5, 0.6) is 0 Å². The summed E-state index contributed by atoms with van der Waals surface area (Å²) in [6.45, 7) is 0.233. The monoisotopic (exact) mass is 381 g/mol. The van der Waals surface area contributed by atoms with Crippen LogP contribution in [0, 0.1) is 0 Å². The third kappa shape index (κ3) is 3.74. The highest BCUT2D eigenvalue weighted by Gasteiger charge is 2.36. The molecular formula is C16H16ClN3O4S. The second-order valence-electron chi connectivity index (χ2n) is 5.77. The normalized spacial score (nSPS) is 17.6. The van der Waals surface area contributed by atoms with Gasteiger partial charge in [-0.25, -0.2) is 13.1 Å². The number of carbonyl (C=O) groups is 1. The van der Waals surface area contributed by atoms with E-state index in [-0.39, 0.29) is 29.5 Å². The highest BCUT2D eigenvalue weighted by molar-refractivity contribution is 7.92. The summed E-state index contributed by atoms with van der Waals surface area (Å²) < 4.78 is 26.4. The maximum atomic E-state index is 12.7. The lowest BCUT2D eigenvalue weighted by Crippen LogP contribution is -2.37. The molecule has 0 N–H and O–H groups in total. The molecule has 1 fully saturated rings. The summed E-state index contributed by atoms with van der Waals surface area (Å²) >= 11 is 5.79. The number of halogens is 1. The van der Waals surface area contributed by atoms with Crippen molar-refractivity contribution in [3.63, 3.8) is 0 Å². The molecule has 1 aromatic heterocycles. The predicted octanol–water partition coefficient (Wildman–Crippen LogP) is 0.972. The quantitative estimate of drug-likeness (QED) is 0.787. The van der Waals surface area contributed by atoms with Crippen LogP contribution in [0.3, 0.4) is 0 Å². The minimum atomic E-state index is -3.54. The molecule has 0 radical (unpaired) electrons. The molecule has 0 spiro atoms. The van der Waals surface area contributed by atoms with Crippen molar-refractivity contribution < 1.29 is 13.2 Å². The van der Waals surface area contributed by atoms with Gasteiger partial charge in [0.1, 0.15) is 6.54 Å². The first-order chi connectivity index (χ1) is 11.9. The zero-order valence-corrected chi connectivity index (χ0v) is 14.8. The van der Waals surface area contributed by atoms with E-state index in [4.69, 9.17) is 11.6 Å². The molecule has 9 heteroatoms. The molecule has 1 amide bonds. The Hall–Kier alpha value is -2.19. The minimum absolute atomic E-state index is 0.103. The van der Waals surface area contributed by atoms with Gasteiger partial charge < -0.3 is 4.90 Å². The van der Waals surface area contributed by atoms with Crippen molar-refractivity contribution >= 4 is 27.3 Å². The van der Waals surface area contributed by atoms with Crippen LogP contribution >= 0.6 is 11.6 Å². The Labute approximate surface area is 149 Å². The van der Waals surface area contributed by atoms with Gasteiger partial charge in [-0.3, -0.25) is 9.59 Å². The average Bonchev–Trinajstić information content (AvgIpc) is 3.08. The summed E-state index contributed by atoms with van der Waals surface area (Å²) in [4.78, 5) is 25.6. The van der Waals surface area contributed by atoms with Crippen molar-refractivity contribution in [2.45, 2.75) is 23.1 Å². The van der Waals surface area contributed by atoms with Gasteiger partial charge in [-0.15, -0.1) is 0 Å². The molecule has 0 saturated carbocycles. The van der Waals surface area contributed by atoms with Gasteiger partial charge in [-0.1, -0.05) is 11.6 Å². The van der Waals surface area contributed by atoms with Crippen LogP contribution in [-0.4, -0.2) is 47.3 Å². The Morgan fingerprint density at radius 2 is 1.96 bits per heavy atom. The Balaban J connectivity index is 1.71. The topological polar surface area (TPSA) is 89.3 Å². The van der Waals surface area contributed by atoms with Crippen LogP contribution < -0.4 is 5.56 Å². The molecule has 2 heterocycles. The Bertz CT molecular complexity index is 940. The third-order valence-electron chi connectivity index (χ3n) is 4.15. The molecule has 7 nitrogen and oxygen atoms in total. The number of likely N-dealkylation sites (tertiary alicyclic amines) is 1. The fourth-order valence-corrected chi connectivity index (χ4v) is 4.58. The summed E-state index contributed by atoms with van der Waals surface area (Å²) in [6.07, 6.45) is 1.78. The summed E-state index contributed by atoms with van der Waals surface area (Å²) in [5.41, 5.74) is -0.375. The summed E-state index contributed by atoms with van der Waals surface area (Å²) in [5, 5.41) is 3.63. The van der Waals surface area contributed by atoms with Crippen molar-refractivity contribution in [1.29, 1.82) is 0 Å². The molecule has 0 aliphatic carbocycles. The van der Waals surface area contributed by atoms with Crippen LogP contribution in [0.4, 0.5) is 0 Å². The van der Waals surface area contributed by atoms with E-state index in [0.717, 1.165) is 4.68 Å². The van der Waals surface area contributed by atoms with Gasteiger partial charge >= 0.3 is 0 Å². The molecule has 0 bridgehead atoms. The second-order valence-corrected chi connectivity index (χ2v) is 8.43. The molecule has 0 unspecified atom stereocenters. The number of sulfone groups is 1. The standard InChI is InChI=1S/C16H16ClN3O4S/c17-12-3-5-13(6-4-12)25(23,24)14-7-9-19(10-14)16(22)11-20-15(21)2-1-8-18-20/h1-6,8,14H,7,9-11H2/t14-/m1/s1. The zero-order chi connectivity index (χ0) is 18.0. The minimum Gasteiger partial charge on any atom is -0.340 e. The first-order valence-electron chi connectivity index (χ1n) is 7.67. The molecule has 1 saturated heterocycles. The number of hydrogen-bond donors (Lipinski definition) is 0. The number of nitrogens with zero attached hydrogens (tertiary/aromatic N) is 3. The lowest BCUT2D eigenvalue weighted by atomic mass is 10.4. The van der Waals surface area contributed by atoms with Gasteiger partial charge in [0.2, 0.25) is 5.91 Å². The molecule has 132 valence electrons. The van der Waals surface area contributed by atoms with E-state index in [9.17, 15) is 18.0 Å². The largest absolute Gasteiger partial charge is 0.340 e. The van der Waals surface area contributed by atoms with Crippen LogP contribution in [0.2, 0.25) is 5.02 Å². The number of benzene rings is 1. The van der Waals surface area contributed by atoms with Gasteiger partial charge in [0.25, 0.3) is 5.56 Å². The number of amides is 1. The fourth-order valence-electron chi connectivity index (χ4n) is 2.76. The van der Waals surface area contributed by atoms with Crippen molar-refractivity contribution in [2.24, 2.45) is 0 Å². The van der Waals surface area contributed by atoms with Crippen molar-refractivity contribution in [3.8, 4) is 0 Å². The number of carbonyl (C=O) groups excluding carboxylic acids is 1. The van der Waals surface area contributed by atoms with Gasteiger partial charge in [0.15, 0.2) is 9.84 Å². The van der Waals surface area contributed by atoms with Crippen molar-refractivity contribution in [3.05, 3.63) is 58.0 Å². The van der Waals surface area contributed by atoms with E-state index in [1.165, 1.54) is 47.5 Å². The molecule has 1 aromatic carbocycles. The van der Waals surface area contributed by atoms with E-state index >= 15 is 0 Å². The Morgan fingerprint density at radius 3 is 2.64 bits per heavy atom. The van der Waals surface area contributed by atoms with Gasteiger partial charge in [0.05, 0.1) is 10.1 Å². The summed E-state index contributed by atoms with van der Waals surface area (Å²) in [7, 11) is -3.54. The average molecular weight is 382 g/mol. The molecule has 1 atom stereocenters.